The molecule has 126 valence electrons. The van der Waals surface area contributed by atoms with Crippen molar-refractivity contribution in [1.29, 1.82) is 0 Å². The Kier molecular flexibility index (Phi) is 4.03. The molecule has 2 fully saturated rings. The highest BCUT2D eigenvalue weighted by Gasteiger charge is 2.34. The maximum Gasteiger partial charge on any atom is 0.321 e. The van der Waals surface area contributed by atoms with Gasteiger partial charge in [-0.2, -0.15) is 5.10 Å². The summed E-state index contributed by atoms with van der Waals surface area (Å²) in [5, 5.41) is 12.3. The first-order valence-corrected chi connectivity index (χ1v) is 8.73. The van der Waals surface area contributed by atoms with Gasteiger partial charge in [0.1, 0.15) is 6.04 Å². The Morgan fingerprint density at radius 3 is 2.96 bits per heavy atom. The van der Waals surface area contributed by atoms with Gasteiger partial charge < -0.3 is 10.1 Å². The number of rotatable bonds is 4. The predicted molar refractivity (Wildman–Crippen MR) is 88.4 cm³/mol. The van der Waals surface area contributed by atoms with E-state index in [2.05, 4.69) is 20.7 Å². The van der Waals surface area contributed by atoms with Crippen LogP contribution in [0.4, 0.5) is 9.93 Å². The summed E-state index contributed by atoms with van der Waals surface area (Å²) in [7, 11) is 0. The number of anilines is 1. The minimum absolute atomic E-state index is 0.179. The molecule has 1 saturated carbocycles. The Morgan fingerprint density at radius 1 is 1.33 bits per heavy atom. The van der Waals surface area contributed by atoms with Gasteiger partial charge in [-0.1, -0.05) is 0 Å². The van der Waals surface area contributed by atoms with Crippen molar-refractivity contribution in [2.45, 2.75) is 30.8 Å². The molecule has 1 saturated heterocycles. The van der Waals surface area contributed by atoms with Gasteiger partial charge in [-0.3, -0.25) is 10.1 Å². The fourth-order valence-electron chi connectivity index (χ4n) is 2.78. The molecule has 8 nitrogen and oxygen atoms in total. The van der Waals surface area contributed by atoms with E-state index in [1.54, 1.807) is 23.7 Å². The Morgan fingerprint density at radius 2 is 2.21 bits per heavy atom. The number of carbonyl (C=O) groups excluding carboxylic acids is 1. The number of hydrogen-bond donors (Lipinski definition) is 2. The minimum Gasteiger partial charge on any atom is -0.377 e. The van der Waals surface area contributed by atoms with Gasteiger partial charge in [0.15, 0.2) is 5.13 Å². The van der Waals surface area contributed by atoms with Crippen LogP contribution in [0.5, 0.6) is 0 Å². The van der Waals surface area contributed by atoms with Crippen molar-refractivity contribution >= 4 is 22.5 Å². The summed E-state index contributed by atoms with van der Waals surface area (Å²) in [5.41, 5.74) is 0.759. The molecule has 2 aromatic heterocycles. The third-order valence-electron chi connectivity index (χ3n) is 4.18. The van der Waals surface area contributed by atoms with E-state index in [0.717, 1.165) is 18.5 Å². The maximum absolute atomic E-state index is 12.2. The molecule has 2 unspecified atom stereocenters. The van der Waals surface area contributed by atoms with Gasteiger partial charge in [0, 0.05) is 23.6 Å². The fraction of sp³-hybridized carbons (Fsp3) is 0.467. The molecule has 3 heterocycles. The Bertz CT molecular complexity index is 787. The van der Waals surface area contributed by atoms with Gasteiger partial charge in [-0.25, -0.2) is 14.5 Å². The van der Waals surface area contributed by atoms with E-state index in [9.17, 15) is 9.59 Å². The van der Waals surface area contributed by atoms with E-state index in [0.29, 0.717) is 24.3 Å². The van der Waals surface area contributed by atoms with Crippen LogP contribution < -0.4 is 16.2 Å². The van der Waals surface area contributed by atoms with Crippen LogP contribution >= 0.6 is 11.3 Å². The molecule has 0 bridgehead atoms. The summed E-state index contributed by atoms with van der Waals surface area (Å²) in [6, 6.07) is 2.36. The Hall–Kier alpha value is -2.26. The largest absolute Gasteiger partial charge is 0.377 e. The summed E-state index contributed by atoms with van der Waals surface area (Å²) >= 11 is 1.34. The molecule has 24 heavy (non-hydrogen) atoms. The first-order valence-electron chi connectivity index (χ1n) is 7.85. The number of carbonyl (C=O) groups is 1. The van der Waals surface area contributed by atoms with Gasteiger partial charge in [0.05, 0.1) is 24.9 Å². The summed E-state index contributed by atoms with van der Waals surface area (Å²) in [4.78, 5) is 28.3. The number of thiazole rings is 1. The molecular weight excluding hydrogens is 330 g/mol. The lowest BCUT2D eigenvalue weighted by Crippen LogP contribution is -2.45. The fourth-order valence-corrected chi connectivity index (χ4v) is 3.31. The van der Waals surface area contributed by atoms with Crippen LogP contribution in [-0.2, 0) is 4.74 Å². The molecule has 1 aliphatic heterocycles. The van der Waals surface area contributed by atoms with Crippen LogP contribution in [0.25, 0.3) is 0 Å². The number of aromatic nitrogens is 3. The molecule has 2 aromatic rings. The number of nitrogens with zero attached hydrogens (tertiary/aromatic N) is 3. The van der Waals surface area contributed by atoms with Crippen molar-refractivity contribution in [3.8, 4) is 0 Å². The van der Waals surface area contributed by atoms with Gasteiger partial charge >= 0.3 is 6.03 Å². The molecule has 0 aromatic carbocycles. The van der Waals surface area contributed by atoms with Crippen LogP contribution in [-0.4, -0.2) is 40.1 Å². The number of nitrogens with one attached hydrogen (secondary N) is 2. The molecule has 4 rings (SSSR count). The van der Waals surface area contributed by atoms with E-state index in [-0.39, 0.29) is 23.7 Å². The third kappa shape index (κ3) is 3.17. The van der Waals surface area contributed by atoms with Crippen LogP contribution in [0.3, 0.4) is 0 Å². The zero-order valence-electron chi connectivity index (χ0n) is 12.8. The second kappa shape index (κ2) is 6.33. The van der Waals surface area contributed by atoms with Crippen LogP contribution in [0.2, 0.25) is 0 Å². The van der Waals surface area contributed by atoms with E-state index in [1.807, 2.05) is 0 Å². The monoisotopic (exact) mass is 347 g/mol. The summed E-state index contributed by atoms with van der Waals surface area (Å²) in [5.74, 6) is 0.457. The lowest BCUT2D eigenvalue weighted by molar-refractivity contribution is 0.180. The average molecular weight is 347 g/mol. The molecular formula is C15H17N5O3S. The number of urea groups is 1. The molecule has 9 heteroatoms. The van der Waals surface area contributed by atoms with E-state index >= 15 is 0 Å². The third-order valence-corrected chi connectivity index (χ3v) is 4.86. The lowest BCUT2D eigenvalue weighted by atomic mass is 10.1. The highest BCUT2D eigenvalue weighted by atomic mass is 32.1. The first-order chi connectivity index (χ1) is 11.7. The van der Waals surface area contributed by atoms with Gasteiger partial charge in [0.25, 0.3) is 5.56 Å². The van der Waals surface area contributed by atoms with Crippen LogP contribution in [0.15, 0.2) is 28.5 Å². The quantitative estimate of drug-likeness (QED) is 0.870. The molecule has 2 aliphatic rings. The van der Waals surface area contributed by atoms with Crippen molar-refractivity contribution in [2.24, 2.45) is 0 Å². The molecule has 2 amide bonds. The second-order valence-electron chi connectivity index (χ2n) is 5.96. The van der Waals surface area contributed by atoms with Crippen LogP contribution in [0.1, 0.15) is 30.5 Å². The Balaban J connectivity index is 1.49. The first kappa shape index (κ1) is 15.3. The topological polar surface area (TPSA) is 98.1 Å². The molecule has 2 atom stereocenters. The second-order valence-corrected chi connectivity index (χ2v) is 6.86. The molecule has 0 spiro atoms. The van der Waals surface area contributed by atoms with Crippen molar-refractivity contribution in [1.82, 2.24) is 20.1 Å². The van der Waals surface area contributed by atoms with E-state index in [4.69, 9.17) is 4.74 Å². The molecule has 0 radical (unpaired) electrons. The number of ether oxygens (including phenoxy) is 1. The van der Waals surface area contributed by atoms with Crippen molar-refractivity contribution in [3.05, 3.63) is 39.8 Å². The number of hydrogen-bond acceptors (Lipinski definition) is 6. The highest BCUT2D eigenvalue weighted by molar-refractivity contribution is 7.13. The predicted octanol–water partition coefficient (Wildman–Crippen LogP) is 1.34. The van der Waals surface area contributed by atoms with E-state index in [1.165, 1.54) is 16.0 Å². The van der Waals surface area contributed by atoms with Crippen molar-refractivity contribution < 1.29 is 9.53 Å². The summed E-state index contributed by atoms with van der Waals surface area (Å²) in [6.45, 7) is 0.695. The summed E-state index contributed by atoms with van der Waals surface area (Å²) in [6.07, 6.45) is 3.85. The van der Waals surface area contributed by atoms with Gasteiger partial charge in [0.2, 0.25) is 0 Å². The molecule has 2 N–H and O–H groups in total. The molecule has 1 aliphatic carbocycles. The average Bonchev–Trinajstić information content (AvgIpc) is 3.11. The van der Waals surface area contributed by atoms with Gasteiger partial charge in [-0.15, -0.1) is 11.3 Å². The standard InChI is InChI=1S/C15H17N5O3S/c21-13-4-3-10(9-1-2-9)19-20(13)12-8-23-7-11(12)17-14(22)18-15-16-5-6-24-15/h3-6,9,11-12H,1-2,7-8H2,(H2,16,17,18,22). The zero-order valence-corrected chi connectivity index (χ0v) is 13.7. The van der Waals surface area contributed by atoms with Crippen molar-refractivity contribution in [3.63, 3.8) is 0 Å². The highest BCUT2D eigenvalue weighted by Crippen LogP contribution is 2.38. The van der Waals surface area contributed by atoms with Crippen LogP contribution in [0, 0.1) is 0 Å². The zero-order chi connectivity index (χ0) is 16.5. The lowest BCUT2D eigenvalue weighted by Gasteiger charge is -2.20. The number of amides is 2. The van der Waals surface area contributed by atoms with Crippen molar-refractivity contribution in [2.75, 3.05) is 18.5 Å². The Labute approximate surface area is 141 Å². The summed E-state index contributed by atoms with van der Waals surface area (Å²) < 4.78 is 6.93. The smallest absolute Gasteiger partial charge is 0.321 e. The van der Waals surface area contributed by atoms with Gasteiger partial charge in [-0.05, 0) is 18.9 Å². The SMILES string of the molecule is O=C(Nc1nccs1)NC1COCC1n1nc(C2CC2)ccc1=O. The van der Waals surface area contributed by atoms with E-state index < -0.39 is 0 Å². The normalized spacial score (nSPS) is 23.2. The maximum atomic E-state index is 12.2. The minimum atomic E-state index is -0.364.